The highest BCUT2D eigenvalue weighted by Gasteiger charge is 2.05. The molecule has 0 bridgehead atoms. The number of fused-ring (bicyclic) bond motifs is 1. The second kappa shape index (κ2) is 5.40. The van der Waals surface area contributed by atoms with Gasteiger partial charge in [0, 0.05) is 12.3 Å². The van der Waals surface area contributed by atoms with Gasteiger partial charge in [-0.3, -0.25) is 9.20 Å². The molecule has 106 valence electrons. The van der Waals surface area contributed by atoms with Gasteiger partial charge in [0.2, 0.25) is 0 Å². The van der Waals surface area contributed by atoms with Crippen molar-refractivity contribution in [1.82, 2.24) is 9.38 Å². The molecule has 0 N–H and O–H groups in total. The van der Waals surface area contributed by atoms with E-state index in [9.17, 15) is 4.79 Å². The predicted octanol–water partition coefficient (Wildman–Crippen LogP) is 2.89. The lowest BCUT2D eigenvalue weighted by Crippen LogP contribution is -2.16. The Balaban J connectivity index is 1.89. The van der Waals surface area contributed by atoms with E-state index < -0.39 is 0 Å². The van der Waals surface area contributed by atoms with Crippen LogP contribution in [0.2, 0.25) is 0 Å². The van der Waals surface area contributed by atoms with Crippen molar-refractivity contribution in [3.05, 3.63) is 75.8 Å². The van der Waals surface area contributed by atoms with Crippen LogP contribution in [-0.4, -0.2) is 9.38 Å². The molecule has 2 aromatic heterocycles. The zero-order chi connectivity index (χ0) is 14.8. The fourth-order valence-corrected chi connectivity index (χ4v) is 2.21. The van der Waals surface area contributed by atoms with Crippen molar-refractivity contribution in [3.63, 3.8) is 0 Å². The van der Waals surface area contributed by atoms with Gasteiger partial charge in [-0.25, -0.2) is 4.98 Å². The smallest absolute Gasteiger partial charge is 0.258 e. The molecule has 0 aliphatic rings. The highest BCUT2D eigenvalue weighted by atomic mass is 16.5. The molecule has 0 aliphatic carbocycles. The van der Waals surface area contributed by atoms with Crippen molar-refractivity contribution in [1.29, 1.82) is 0 Å². The summed E-state index contributed by atoms with van der Waals surface area (Å²) in [4.78, 5) is 16.4. The highest BCUT2D eigenvalue weighted by Crippen LogP contribution is 2.21. The molecule has 0 amide bonds. The third-order valence-electron chi connectivity index (χ3n) is 3.55. The molecule has 0 unspecified atom stereocenters. The number of rotatable bonds is 3. The lowest BCUT2D eigenvalue weighted by Gasteiger charge is -2.10. The highest BCUT2D eigenvalue weighted by molar-refractivity contribution is 5.39. The number of hydrogen-bond acceptors (Lipinski definition) is 3. The van der Waals surface area contributed by atoms with E-state index in [0.29, 0.717) is 11.3 Å². The van der Waals surface area contributed by atoms with Crippen LogP contribution in [0.4, 0.5) is 0 Å². The number of pyridine rings is 1. The summed E-state index contributed by atoms with van der Waals surface area (Å²) < 4.78 is 7.31. The van der Waals surface area contributed by atoms with Crippen molar-refractivity contribution < 1.29 is 4.74 Å². The Morgan fingerprint density at radius 1 is 1.14 bits per heavy atom. The maximum absolute atomic E-state index is 12.0. The number of benzene rings is 1. The van der Waals surface area contributed by atoms with Gasteiger partial charge in [0.1, 0.15) is 18.0 Å². The van der Waals surface area contributed by atoms with Crippen molar-refractivity contribution in [3.8, 4) is 5.75 Å². The van der Waals surface area contributed by atoms with Gasteiger partial charge in [0.25, 0.3) is 5.56 Å². The largest absolute Gasteiger partial charge is 0.487 e. The molecule has 3 rings (SSSR count). The molecular formula is C17H16N2O2. The number of aromatic nitrogens is 2. The first kappa shape index (κ1) is 13.4. The number of nitrogens with zero attached hydrogens (tertiary/aromatic N) is 2. The Morgan fingerprint density at radius 2 is 2.00 bits per heavy atom. The molecular weight excluding hydrogens is 264 g/mol. The van der Waals surface area contributed by atoms with E-state index in [1.54, 1.807) is 6.20 Å². The zero-order valence-corrected chi connectivity index (χ0v) is 12.0. The number of ether oxygens (including phenoxy) is 1. The van der Waals surface area contributed by atoms with Crippen molar-refractivity contribution in [2.75, 3.05) is 0 Å². The molecule has 21 heavy (non-hydrogen) atoms. The van der Waals surface area contributed by atoms with Crippen LogP contribution in [0.15, 0.2) is 53.5 Å². The van der Waals surface area contributed by atoms with Crippen LogP contribution < -0.4 is 10.3 Å². The number of hydrogen-bond donors (Lipinski definition) is 0. The maximum Gasteiger partial charge on any atom is 0.258 e. The Hall–Kier alpha value is -2.62. The van der Waals surface area contributed by atoms with Crippen LogP contribution in [0.3, 0.4) is 0 Å². The molecule has 2 heterocycles. The summed E-state index contributed by atoms with van der Waals surface area (Å²) in [5, 5.41) is 0. The molecule has 0 saturated heterocycles. The summed E-state index contributed by atoms with van der Waals surface area (Å²) in [5.74, 6) is 0.824. The first-order valence-corrected chi connectivity index (χ1v) is 6.81. The van der Waals surface area contributed by atoms with Gasteiger partial charge in [-0.15, -0.1) is 0 Å². The molecule has 0 radical (unpaired) electrons. The Bertz CT molecular complexity index is 853. The van der Waals surface area contributed by atoms with Gasteiger partial charge in [-0.05, 0) is 43.2 Å². The average Bonchev–Trinajstić information content (AvgIpc) is 2.49. The van der Waals surface area contributed by atoms with Crippen molar-refractivity contribution in [2.45, 2.75) is 20.5 Å². The van der Waals surface area contributed by atoms with E-state index in [1.807, 2.05) is 50.2 Å². The fraction of sp³-hybridized carbons (Fsp3) is 0.176. The minimum Gasteiger partial charge on any atom is -0.487 e. The van der Waals surface area contributed by atoms with E-state index in [0.717, 1.165) is 11.3 Å². The molecule has 0 fully saturated rings. The van der Waals surface area contributed by atoms with Gasteiger partial charge in [0.05, 0.1) is 5.69 Å². The summed E-state index contributed by atoms with van der Waals surface area (Å²) in [6.45, 7) is 4.35. The average molecular weight is 280 g/mol. The minimum atomic E-state index is -0.0971. The van der Waals surface area contributed by atoms with E-state index in [4.69, 9.17) is 4.74 Å². The zero-order valence-electron chi connectivity index (χ0n) is 12.0. The third kappa shape index (κ3) is 2.65. The van der Waals surface area contributed by atoms with Crippen LogP contribution in [0, 0.1) is 13.8 Å². The first-order chi connectivity index (χ1) is 10.1. The van der Waals surface area contributed by atoms with E-state index in [2.05, 4.69) is 4.98 Å². The summed E-state index contributed by atoms with van der Waals surface area (Å²) >= 11 is 0. The van der Waals surface area contributed by atoms with Gasteiger partial charge >= 0.3 is 0 Å². The van der Waals surface area contributed by atoms with Crippen molar-refractivity contribution >= 4 is 5.65 Å². The van der Waals surface area contributed by atoms with Gasteiger partial charge in [-0.1, -0.05) is 18.2 Å². The van der Waals surface area contributed by atoms with E-state index in [-0.39, 0.29) is 12.2 Å². The van der Waals surface area contributed by atoms with Crippen LogP contribution in [0.25, 0.3) is 5.65 Å². The lowest BCUT2D eigenvalue weighted by atomic mass is 10.1. The summed E-state index contributed by atoms with van der Waals surface area (Å²) in [6, 6.07) is 12.9. The predicted molar refractivity (Wildman–Crippen MR) is 81.7 cm³/mol. The molecule has 3 aromatic rings. The van der Waals surface area contributed by atoms with Crippen LogP contribution in [0.5, 0.6) is 5.75 Å². The first-order valence-electron chi connectivity index (χ1n) is 6.81. The monoisotopic (exact) mass is 280 g/mol. The second-order valence-electron chi connectivity index (χ2n) is 5.00. The molecule has 4 nitrogen and oxygen atoms in total. The molecule has 1 aromatic carbocycles. The SMILES string of the molecule is Cc1cccc(OCc2cc(=O)n3ccccc3n2)c1C. The van der Waals surface area contributed by atoms with E-state index in [1.165, 1.54) is 16.0 Å². The van der Waals surface area contributed by atoms with Crippen molar-refractivity contribution in [2.24, 2.45) is 0 Å². The quantitative estimate of drug-likeness (QED) is 0.741. The second-order valence-corrected chi connectivity index (χ2v) is 5.00. The minimum absolute atomic E-state index is 0.0971. The summed E-state index contributed by atoms with van der Waals surface area (Å²) in [6.07, 6.45) is 1.71. The van der Waals surface area contributed by atoms with E-state index >= 15 is 0 Å². The van der Waals surface area contributed by atoms with Crippen LogP contribution in [-0.2, 0) is 6.61 Å². The topological polar surface area (TPSA) is 43.6 Å². The molecule has 0 atom stereocenters. The summed E-state index contributed by atoms with van der Waals surface area (Å²) in [7, 11) is 0. The molecule has 0 aliphatic heterocycles. The molecule has 0 spiro atoms. The Kier molecular flexibility index (Phi) is 3.44. The maximum atomic E-state index is 12.0. The fourth-order valence-electron chi connectivity index (χ4n) is 2.21. The summed E-state index contributed by atoms with van der Waals surface area (Å²) in [5.41, 5.74) is 3.45. The van der Waals surface area contributed by atoms with Gasteiger partial charge < -0.3 is 4.74 Å². The standard InChI is InChI=1S/C17H16N2O2/c1-12-6-5-7-15(13(12)2)21-11-14-10-17(20)19-9-4-3-8-16(19)18-14/h3-10H,11H2,1-2H3. The third-order valence-corrected chi connectivity index (χ3v) is 3.55. The molecule has 0 saturated carbocycles. The Labute approximate surface area is 122 Å². The normalized spacial score (nSPS) is 10.8. The van der Waals surface area contributed by atoms with Crippen LogP contribution in [0.1, 0.15) is 16.8 Å². The lowest BCUT2D eigenvalue weighted by molar-refractivity contribution is 0.299. The number of aryl methyl sites for hydroxylation is 1. The van der Waals surface area contributed by atoms with Gasteiger partial charge in [0.15, 0.2) is 0 Å². The Morgan fingerprint density at radius 3 is 2.86 bits per heavy atom. The van der Waals surface area contributed by atoms with Gasteiger partial charge in [-0.2, -0.15) is 0 Å². The van der Waals surface area contributed by atoms with Crippen LogP contribution >= 0.6 is 0 Å². The molecule has 4 heteroatoms.